The summed E-state index contributed by atoms with van der Waals surface area (Å²) in [7, 11) is -3.53. The standard InChI is InChI=1S/C14H18NO7S.U/c16-8-12-13(17)11(9-22-12)15-14(18)21-6-7-23(19,20)10-4-2-1-3-5-10;/h1-5,9,11-13,16-17H,6-8H2,(H,15,18);/q-1;/t11?,12-,13?;/m1./s1. The molecule has 24 heavy (non-hydrogen) atoms. The molecule has 3 N–H and O–H groups in total. The number of rotatable bonds is 6. The number of alkyl carbamates (subject to hydrolysis) is 1. The summed E-state index contributed by atoms with van der Waals surface area (Å²) in [6.45, 7) is 0.476. The molecule has 0 aromatic heterocycles. The average molecular weight is 582 g/mol. The Morgan fingerprint density at radius 3 is 2.58 bits per heavy atom. The molecule has 1 saturated heterocycles. The number of hydrogen-bond acceptors (Lipinski definition) is 7. The zero-order chi connectivity index (χ0) is 16.9. The number of carbonyl (C=O) groups excluding carboxylic acids is 1. The van der Waals surface area contributed by atoms with Gasteiger partial charge in [-0.05, 0) is 18.2 Å². The third-order valence-corrected chi connectivity index (χ3v) is 5.00. The molecule has 1 aliphatic heterocycles. The molecule has 2 unspecified atom stereocenters. The number of ether oxygens (including phenoxy) is 2. The van der Waals surface area contributed by atoms with E-state index in [1.807, 2.05) is 0 Å². The van der Waals surface area contributed by atoms with E-state index >= 15 is 0 Å². The number of benzene rings is 1. The maximum atomic E-state index is 12.0. The SMILES string of the molecule is O=C(NC1[CH-]O[C@H](CO)C1O)OCCS(=O)(=O)c1ccccc1.[U]. The number of aliphatic hydroxyl groups excluding tert-OH is 2. The van der Waals surface area contributed by atoms with Crippen LogP contribution in [0.4, 0.5) is 4.79 Å². The van der Waals surface area contributed by atoms with Crippen LogP contribution in [0, 0.1) is 37.7 Å². The van der Waals surface area contributed by atoms with Gasteiger partial charge < -0.3 is 25.0 Å². The molecule has 0 saturated carbocycles. The van der Waals surface area contributed by atoms with Gasteiger partial charge in [0.1, 0.15) is 6.61 Å². The Bertz CT molecular complexity index is 625. The van der Waals surface area contributed by atoms with Crippen LogP contribution in [0.1, 0.15) is 0 Å². The second-order valence-electron chi connectivity index (χ2n) is 4.92. The minimum absolute atomic E-state index is 0. The second-order valence-corrected chi connectivity index (χ2v) is 7.03. The van der Waals surface area contributed by atoms with Crippen LogP contribution in [0.2, 0.25) is 0 Å². The normalized spacial score (nSPS) is 23.3. The van der Waals surface area contributed by atoms with Gasteiger partial charge in [0.05, 0.1) is 29.5 Å². The van der Waals surface area contributed by atoms with Crippen LogP contribution >= 0.6 is 0 Å². The van der Waals surface area contributed by atoms with Gasteiger partial charge in [-0.1, -0.05) is 18.2 Å². The topological polar surface area (TPSA) is 122 Å². The summed E-state index contributed by atoms with van der Waals surface area (Å²) in [5.41, 5.74) is 0. The molecule has 1 aromatic carbocycles. The van der Waals surface area contributed by atoms with Crippen molar-refractivity contribution in [2.75, 3.05) is 19.0 Å². The summed E-state index contributed by atoms with van der Waals surface area (Å²) in [5, 5.41) is 21.0. The van der Waals surface area contributed by atoms with Crippen molar-refractivity contribution in [1.82, 2.24) is 5.32 Å². The predicted molar refractivity (Wildman–Crippen MR) is 79.0 cm³/mol. The molecule has 1 heterocycles. The van der Waals surface area contributed by atoms with Crippen LogP contribution in [-0.2, 0) is 19.3 Å². The second kappa shape index (κ2) is 9.75. The van der Waals surface area contributed by atoms with Crippen LogP contribution in [-0.4, -0.2) is 61.9 Å². The number of aliphatic hydroxyl groups is 2. The summed E-state index contributed by atoms with van der Waals surface area (Å²) in [4.78, 5) is 11.7. The molecule has 1 aliphatic rings. The summed E-state index contributed by atoms with van der Waals surface area (Å²) in [6.07, 6.45) is -2.78. The van der Waals surface area contributed by atoms with E-state index in [2.05, 4.69) is 5.32 Å². The minimum atomic E-state index is -3.53. The Balaban J connectivity index is 0.00000288. The summed E-state index contributed by atoms with van der Waals surface area (Å²) in [6, 6.07) is 7.01. The molecule has 8 nitrogen and oxygen atoms in total. The Morgan fingerprint density at radius 1 is 1.33 bits per heavy atom. The molecular weight excluding hydrogens is 564 g/mol. The molecule has 10 heteroatoms. The molecule has 0 aliphatic carbocycles. The quantitative estimate of drug-likeness (QED) is 0.386. The van der Waals surface area contributed by atoms with Crippen molar-refractivity contribution >= 4 is 15.9 Å². The van der Waals surface area contributed by atoms with Crippen molar-refractivity contribution in [3.05, 3.63) is 36.9 Å². The molecule has 0 radical (unpaired) electrons. The number of carbonyl (C=O) groups is 1. The first-order valence-corrected chi connectivity index (χ1v) is 8.58. The molecular formula is C14H18NO7SU-. The van der Waals surface area contributed by atoms with Crippen molar-refractivity contribution < 1.29 is 64.0 Å². The van der Waals surface area contributed by atoms with E-state index in [9.17, 15) is 18.3 Å². The van der Waals surface area contributed by atoms with Crippen molar-refractivity contribution in [3.63, 3.8) is 0 Å². The van der Waals surface area contributed by atoms with Gasteiger partial charge in [0, 0.05) is 31.1 Å². The molecule has 1 fully saturated rings. The first kappa shape index (κ1) is 21.4. The Labute approximate surface area is 163 Å². The first-order chi connectivity index (χ1) is 10.9. The Morgan fingerprint density at radius 2 is 2.00 bits per heavy atom. The average Bonchev–Trinajstić information content (AvgIpc) is 2.88. The third kappa shape index (κ3) is 5.72. The van der Waals surface area contributed by atoms with Gasteiger partial charge in [0.15, 0.2) is 9.84 Å². The monoisotopic (exact) mass is 582 g/mol. The minimum Gasteiger partial charge on any atom is -0.544 e. The summed E-state index contributed by atoms with van der Waals surface area (Å²) < 4.78 is 33.7. The van der Waals surface area contributed by atoms with E-state index in [1.54, 1.807) is 18.2 Å². The van der Waals surface area contributed by atoms with Crippen molar-refractivity contribution in [3.8, 4) is 0 Å². The fourth-order valence-corrected chi connectivity index (χ4v) is 3.13. The van der Waals surface area contributed by atoms with E-state index in [0.29, 0.717) is 0 Å². The molecule has 3 atom stereocenters. The predicted octanol–water partition coefficient (Wildman–Crippen LogP) is -0.531. The van der Waals surface area contributed by atoms with Gasteiger partial charge in [0.2, 0.25) is 0 Å². The fourth-order valence-electron chi connectivity index (χ4n) is 2.02. The summed E-state index contributed by atoms with van der Waals surface area (Å²) >= 11 is 0. The molecule has 1 amide bonds. The van der Waals surface area contributed by atoms with Crippen molar-refractivity contribution in [1.29, 1.82) is 0 Å². The number of sulfone groups is 1. The maximum absolute atomic E-state index is 12.0. The van der Waals surface area contributed by atoms with E-state index in [-0.39, 0.29) is 55.0 Å². The van der Waals surface area contributed by atoms with Crippen molar-refractivity contribution in [2.45, 2.75) is 23.1 Å². The van der Waals surface area contributed by atoms with Gasteiger partial charge in [-0.15, -0.1) is 0 Å². The molecule has 0 spiro atoms. The third-order valence-electron chi connectivity index (χ3n) is 3.30. The largest absolute Gasteiger partial charge is 0.544 e. The van der Waals surface area contributed by atoms with Gasteiger partial charge in [-0.3, -0.25) is 0 Å². The van der Waals surface area contributed by atoms with E-state index in [1.165, 1.54) is 18.7 Å². The fraction of sp³-hybridized carbons (Fsp3) is 0.429. The zero-order valence-electron chi connectivity index (χ0n) is 12.7. The van der Waals surface area contributed by atoms with Crippen LogP contribution in [0.3, 0.4) is 0 Å². The van der Waals surface area contributed by atoms with Gasteiger partial charge >= 0.3 is 6.09 Å². The molecule has 1 aromatic rings. The van der Waals surface area contributed by atoms with Crippen LogP contribution in [0.25, 0.3) is 0 Å². The van der Waals surface area contributed by atoms with E-state index in [4.69, 9.17) is 14.6 Å². The maximum Gasteiger partial charge on any atom is 0.405 e. The molecule has 0 bridgehead atoms. The smallest absolute Gasteiger partial charge is 0.405 e. The van der Waals surface area contributed by atoms with Crippen molar-refractivity contribution in [2.24, 2.45) is 0 Å². The van der Waals surface area contributed by atoms with Gasteiger partial charge in [-0.25, -0.2) is 13.2 Å². The number of amides is 1. The van der Waals surface area contributed by atoms with Crippen LogP contribution in [0.15, 0.2) is 35.2 Å². The van der Waals surface area contributed by atoms with Crippen LogP contribution < -0.4 is 5.32 Å². The van der Waals surface area contributed by atoms with Gasteiger partial charge in [-0.2, -0.15) is 6.61 Å². The van der Waals surface area contributed by atoms with E-state index < -0.39 is 34.2 Å². The Kier molecular flexibility index (Phi) is 8.70. The Hall–Kier alpha value is -0.628. The number of hydrogen-bond donors (Lipinski definition) is 3. The first-order valence-electron chi connectivity index (χ1n) is 6.93. The number of nitrogens with one attached hydrogen (secondary N) is 1. The summed E-state index contributed by atoms with van der Waals surface area (Å²) in [5.74, 6) is -0.350. The molecule has 2 rings (SSSR count). The van der Waals surface area contributed by atoms with Gasteiger partial charge in [0.25, 0.3) is 0 Å². The van der Waals surface area contributed by atoms with Crippen LogP contribution in [0.5, 0.6) is 0 Å². The zero-order valence-corrected chi connectivity index (χ0v) is 17.6. The van der Waals surface area contributed by atoms with E-state index in [0.717, 1.165) is 0 Å². The molecule has 132 valence electrons.